The van der Waals surface area contributed by atoms with Crippen LogP contribution in [0.4, 0.5) is 0 Å². The van der Waals surface area contributed by atoms with Crippen LogP contribution in [0.25, 0.3) is 11.6 Å². The standard InChI is InChI=1S/C28H26N2O4/c1-18-2-8-21(9-3-18)25(27(32)30-24-14-15-24)16-19-4-10-22(11-5-19)26(31)29-17-20-6-12-23(13-7-20)28(33)34/h2-13,16,24H,14-15,17H2,1H3,(H,29,31)(H,30,32)(H,33,34)/b25-16-. The van der Waals surface area contributed by atoms with Gasteiger partial charge in [-0.25, -0.2) is 4.79 Å². The van der Waals surface area contributed by atoms with Crippen LogP contribution in [0, 0.1) is 6.92 Å². The van der Waals surface area contributed by atoms with Crippen molar-refractivity contribution in [3.05, 3.63) is 106 Å². The second kappa shape index (κ2) is 10.2. The van der Waals surface area contributed by atoms with Crippen molar-refractivity contribution >= 4 is 29.4 Å². The van der Waals surface area contributed by atoms with E-state index in [2.05, 4.69) is 10.6 Å². The van der Waals surface area contributed by atoms with Gasteiger partial charge in [0.25, 0.3) is 11.8 Å². The minimum Gasteiger partial charge on any atom is -0.478 e. The molecular formula is C28H26N2O4. The van der Waals surface area contributed by atoms with Gasteiger partial charge in [-0.05, 0) is 66.8 Å². The van der Waals surface area contributed by atoms with Gasteiger partial charge < -0.3 is 15.7 Å². The highest BCUT2D eigenvalue weighted by Gasteiger charge is 2.25. The summed E-state index contributed by atoms with van der Waals surface area (Å²) in [5.41, 5.74) is 4.89. The molecule has 0 saturated heterocycles. The van der Waals surface area contributed by atoms with E-state index in [0.29, 0.717) is 17.7 Å². The van der Waals surface area contributed by atoms with Gasteiger partial charge in [0.05, 0.1) is 5.56 Å². The Morgan fingerprint density at radius 3 is 2.03 bits per heavy atom. The predicted octanol–water partition coefficient (Wildman–Crippen LogP) is 4.44. The number of hydrogen-bond acceptors (Lipinski definition) is 3. The quantitative estimate of drug-likeness (QED) is 0.346. The predicted molar refractivity (Wildman–Crippen MR) is 131 cm³/mol. The van der Waals surface area contributed by atoms with Crippen LogP contribution in [0.2, 0.25) is 0 Å². The van der Waals surface area contributed by atoms with Gasteiger partial charge in [0.2, 0.25) is 0 Å². The second-order valence-corrected chi connectivity index (χ2v) is 8.48. The van der Waals surface area contributed by atoms with Gasteiger partial charge in [-0.3, -0.25) is 9.59 Å². The monoisotopic (exact) mass is 454 g/mol. The maximum absolute atomic E-state index is 12.9. The Labute approximate surface area is 198 Å². The van der Waals surface area contributed by atoms with Gasteiger partial charge in [0, 0.05) is 23.7 Å². The summed E-state index contributed by atoms with van der Waals surface area (Å²) >= 11 is 0. The lowest BCUT2D eigenvalue weighted by molar-refractivity contribution is -0.115. The Morgan fingerprint density at radius 2 is 1.44 bits per heavy atom. The molecule has 34 heavy (non-hydrogen) atoms. The van der Waals surface area contributed by atoms with Crippen molar-refractivity contribution in [3.8, 4) is 0 Å². The van der Waals surface area contributed by atoms with E-state index in [4.69, 9.17) is 5.11 Å². The van der Waals surface area contributed by atoms with Crippen LogP contribution < -0.4 is 10.6 Å². The average Bonchev–Trinajstić information content (AvgIpc) is 3.66. The van der Waals surface area contributed by atoms with Crippen molar-refractivity contribution in [3.63, 3.8) is 0 Å². The Balaban J connectivity index is 1.45. The molecule has 3 aromatic carbocycles. The molecule has 3 N–H and O–H groups in total. The summed E-state index contributed by atoms with van der Waals surface area (Å²) in [5, 5.41) is 14.9. The Morgan fingerprint density at radius 1 is 0.853 bits per heavy atom. The number of hydrogen-bond donors (Lipinski definition) is 3. The van der Waals surface area contributed by atoms with Crippen molar-refractivity contribution in [1.82, 2.24) is 10.6 Å². The van der Waals surface area contributed by atoms with E-state index in [9.17, 15) is 14.4 Å². The molecule has 0 spiro atoms. The van der Waals surface area contributed by atoms with Gasteiger partial charge in [0.15, 0.2) is 0 Å². The summed E-state index contributed by atoms with van der Waals surface area (Å²) in [4.78, 5) is 36.3. The Bertz CT molecular complexity index is 1220. The highest BCUT2D eigenvalue weighted by molar-refractivity contribution is 6.24. The molecule has 0 heterocycles. The van der Waals surface area contributed by atoms with Crippen LogP contribution in [0.15, 0.2) is 72.8 Å². The highest BCUT2D eigenvalue weighted by atomic mass is 16.4. The molecule has 172 valence electrons. The molecule has 1 aliphatic rings. The van der Waals surface area contributed by atoms with E-state index in [1.807, 2.05) is 49.4 Å². The fourth-order valence-electron chi connectivity index (χ4n) is 3.45. The summed E-state index contributed by atoms with van der Waals surface area (Å²) in [6.45, 7) is 2.30. The van der Waals surface area contributed by atoms with Gasteiger partial charge in [0.1, 0.15) is 0 Å². The summed E-state index contributed by atoms with van der Waals surface area (Å²) in [6.07, 6.45) is 3.87. The average molecular weight is 455 g/mol. The van der Waals surface area contributed by atoms with Gasteiger partial charge in [-0.2, -0.15) is 0 Å². The normalized spacial score (nSPS) is 13.3. The number of nitrogens with one attached hydrogen (secondary N) is 2. The highest BCUT2D eigenvalue weighted by Crippen LogP contribution is 2.24. The molecule has 6 nitrogen and oxygen atoms in total. The van der Waals surface area contributed by atoms with Crippen molar-refractivity contribution in [2.24, 2.45) is 0 Å². The molecule has 1 aliphatic carbocycles. The largest absolute Gasteiger partial charge is 0.478 e. The fourth-order valence-corrected chi connectivity index (χ4v) is 3.45. The minimum absolute atomic E-state index is 0.0953. The lowest BCUT2D eigenvalue weighted by Gasteiger charge is -2.10. The van der Waals surface area contributed by atoms with Crippen molar-refractivity contribution < 1.29 is 19.5 Å². The smallest absolute Gasteiger partial charge is 0.335 e. The number of benzene rings is 3. The van der Waals surface area contributed by atoms with Crippen LogP contribution in [0.5, 0.6) is 0 Å². The Kier molecular flexibility index (Phi) is 6.87. The zero-order valence-corrected chi connectivity index (χ0v) is 18.9. The van der Waals surface area contributed by atoms with Crippen LogP contribution in [0.3, 0.4) is 0 Å². The molecule has 1 saturated carbocycles. The van der Waals surface area contributed by atoms with E-state index in [0.717, 1.165) is 35.1 Å². The number of carbonyl (C=O) groups excluding carboxylic acids is 2. The topological polar surface area (TPSA) is 95.5 Å². The number of amides is 2. The second-order valence-electron chi connectivity index (χ2n) is 8.48. The minimum atomic E-state index is -0.986. The van der Waals surface area contributed by atoms with Crippen LogP contribution >= 0.6 is 0 Å². The van der Waals surface area contributed by atoms with E-state index in [-0.39, 0.29) is 23.4 Å². The molecule has 0 atom stereocenters. The third-order valence-corrected chi connectivity index (χ3v) is 5.66. The van der Waals surface area contributed by atoms with Gasteiger partial charge in [-0.1, -0.05) is 54.1 Å². The zero-order chi connectivity index (χ0) is 24.1. The molecule has 1 fully saturated rings. The number of aromatic carboxylic acids is 1. The SMILES string of the molecule is Cc1ccc(/C(=C/c2ccc(C(=O)NCc3ccc(C(=O)O)cc3)cc2)C(=O)NC2CC2)cc1. The van der Waals surface area contributed by atoms with Crippen LogP contribution in [-0.2, 0) is 11.3 Å². The van der Waals surface area contributed by atoms with E-state index in [1.54, 1.807) is 24.3 Å². The summed E-state index contributed by atoms with van der Waals surface area (Å²) < 4.78 is 0. The third kappa shape index (κ3) is 5.98. The zero-order valence-electron chi connectivity index (χ0n) is 18.9. The first-order valence-electron chi connectivity index (χ1n) is 11.2. The Hall–Kier alpha value is -4.19. The summed E-state index contributed by atoms with van der Waals surface area (Å²) in [7, 11) is 0. The lowest BCUT2D eigenvalue weighted by atomic mass is 10.00. The molecule has 0 radical (unpaired) electrons. The maximum atomic E-state index is 12.9. The maximum Gasteiger partial charge on any atom is 0.335 e. The lowest BCUT2D eigenvalue weighted by Crippen LogP contribution is -2.26. The molecule has 0 aromatic heterocycles. The first-order chi connectivity index (χ1) is 16.4. The molecule has 6 heteroatoms. The first-order valence-corrected chi connectivity index (χ1v) is 11.2. The third-order valence-electron chi connectivity index (χ3n) is 5.66. The number of aryl methyl sites for hydroxylation is 1. The number of rotatable bonds is 8. The summed E-state index contributed by atoms with van der Waals surface area (Å²) in [5.74, 6) is -1.31. The fraction of sp³-hybridized carbons (Fsp3) is 0.179. The molecular weight excluding hydrogens is 428 g/mol. The molecule has 4 rings (SSSR count). The van der Waals surface area contributed by atoms with Gasteiger partial charge >= 0.3 is 5.97 Å². The van der Waals surface area contributed by atoms with Crippen LogP contribution in [0.1, 0.15) is 55.8 Å². The van der Waals surface area contributed by atoms with E-state index < -0.39 is 5.97 Å². The number of carboxylic acids is 1. The van der Waals surface area contributed by atoms with Gasteiger partial charge in [-0.15, -0.1) is 0 Å². The molecule has 2 amide bonds. The van der Waals surface area contributed by atoms with E-state index in [1.165, 1.54) is 12.1 Å². The van der Waals surface area contributed by atoms with E-state index >= 15 is 0 Å². The molecule has 3 aromatic rings. The number of carboxylic acid groups (broad SMARTS) is 1. The molecule has 0 unspecified atom stereocenters. The molecule has 0 bridgehead atoms. The van der Waals surface area contributed by atoms with Crippen molar-refractivity contribution in [1.29, 1.82) is 0 Å². The van der Waals surface area contributed by atoms with Crippen molar-refractivity contribution in [2.75, 3.05) is 0 Å². The van der Waals surface area contributed by atoms with Crippen LogP contribution in [-0.4, -0.2) is 28.9 Å². The summed E-state index contributed by atoms with van der Waals surface area (Å²) in [6, 6.07) is 21.6. The first kappa shape index (κ1) is 23.0. The number of carbonyl (C=O) groups is 3. The molecule has 0 aliphatic heterocycles. The van der Waals surface area contributed by atoms with Crippen molar-refractivity contribution in [2.45, 2.75) is 32.4 Å².